The van der Waals surface area contributed by atoms with Gasteiger partial charge in [0.15, 0.2) is 25.8 Å². The summed E-state index contributed by atoms with van der Waals surface area (Å²) in [7, 11) is -1.75. The molecule has 0 atom stereocenters. The van der Waals surface area contributed by atoms with Gasteiger partial charge in [0, 0.05) is 40.6 Å². The highest BCUT2D eigenvalue weighted by Crippen LogP contribution is 2.41. The Kier molecular flexibility index (Phi) is 7.69. The second-order valence-electron chi connectivity index (χ2n) is 8.41. The Labute approximate surface area is 214 Å². The van der Waals surface area contributed by atoms with Gasteiger partial charge in [0.1, 0.15) is 5.69 Å². The lowest BCUT2D eigenvalue weighted by atomic mass is 9.89. The molecule has 4 rings (SSSR count). The van der Waals surface area contributed by atoms with Crippen molar-refractivity contribution in [1.82, 2.24) is 10.0 Å². The number of sulfone groups is 1. The first-order chi connectivity index (χ1) is 16.1. The van der Waals surface area contributed by atoms with Crippen LogP contribution >= 0.6 is 35.6 Å². The molecule has 1 aliphatic carbocycles. The molecule has 6 nitrogen and oxygen atoms in total. The van der Waals surface area contributed by atoms with Crippen molar-refractivity contribution in [2.45, 2.75) is 41.7 Å². The first kappa shape index (κ1) is 25.2. The first-order valence-electron chi connectivity index (χ1n) is 10.8. The standard InChI is InChI=1S/C24H25ClN2O4S3/c1-27(28)24(32)33-19-11-5-17(6-12-19)23-26-21(15-7-13-20(14-8-15)34(2,29)30)22(31-23)16-3-9-18(25)10-4-16/h3-4,7-10,13-14,17,19,28H,5-6,11-12H2,1-2H3. The number of rotatable bonds is 5. The van der Waals surface area contributed by atoms with Crippen LogP contribution in [0.15, 0.2) is 57.8 Å². The van der Waals surface area contributed by atoms with Crippen LogP contribution in [0.5, 0.6) is 0 Å². The van der Waals surface area contributed by atoms with Gasteiger partial charge < -0.3 is 4.42 Å². The summed E-state index contributed by atoms with van der Waals surface area (Å²) >= 11 is 12.8. The molecule has 2 aromatic carbocycles. The third kappa shape index (κ3) is 5.83. The van der Waals surface area contributed by atoms with E-state index < -0.39 is 9.84 Å². The van der Waals surface area contributed by atoms with Crippen molar-refractivity contribution in [1.29, 1.82) is 0 Å². The molecule has 1 fully saturated rings. The Morgan fingerprint density at radius 2 is 1.68 bits per heavy atom. The fourth-order valence-electron chi connectivity index (χ4n) is 4.01. The number of halogens is 1. The van der Waals surface area contributed by atoms with Crippen LogP contribution in [0.2, 0.25) is 5.02 Å². The highest BCUT2D eigenvalue weighted by molar-refractivity contribution is 8.23. The lowest BCUT2D eigenvalue weighted by molar-refractivity contribution is 0.0204. The van der Waals surface area contributed by atoms with Gasteiger partial charge in [-0.05, 0) is 62.1 Å². The molecule has 180 valence electrons. The molecule has 1 saturated carbocycles. The van der Waals surface area contributed by atoms with E-state index in [1.54, 1.807) is 36.4 Å². The van der Waals surface area contributed by atoms with E-state index in [9.17, 15) is 13.6 Å². The third-order valence-electron chi connectivity index (χ3n) is 5.86. The number of thioether (sulfide) groups is 1. The summed E-state index contributed by atoms with van der Waals surface area (Å²) in [5.74, 6) is 1.49. The summed E-state index contributed by atoms with van der Waals surface area (Å²) in [6, 6.07) is 14.1. The van der Waals surface area contributed by atoms with Crippen LogP contribution in [0.25, 0.3) is 22.6 Å². The van der Waals surface area contributed by atoms with Gasteiger partial charge in [-0.1, -0.05) is 47.7 Å². The van der Waals surface area contributed by atoms with Crippen molar-refractivity contribution >= 4 is 49.7 Å². The average molecular weight is 537 g/mol. The van der Waals surface area contributed by atoms with Crippen LogP contribution in [0.1, 0.15) is 37.5 Å². The number of oxazole rings is 1. The molecule has 0 saturated heterocycles. The fourth-order valence-corrected chi connectivity index (χ4v) is 6.12. The van der Waals surface area contributed by atoms with Crippen LogP contribution in [-0.2, 0) is 9.84 Å². The highest BCUT2D eigenvalue weighted by Gasteiger charge is 2.29. The Hall–Kier alpha value is -1.91. The molecule has 0 unspecified atom stereocenters. The SMILES string of the molecule is CN(O)C(=S)SC1CCC(c2nc(-c3ccc(S(C)(=O)=O)cc3)c(-c3ccc(Cl)cc3)o2)CC1. The maximum atomic E-state index is 11.9. The molecule has 3 aromatic rings. The topological polar surface area (TPSA) is 83.6 Å². The van der Waals surface area contributed by atoms with E-state index in [2.05, 4.69) is 0 Å². The quantitative estimate of drug-likeness (QED) is 0.295. The Bertz CT molecular complexity index is 1260. The first-order valence-corrected chi connectivity index (χ1v) is 14.4. The molecule has 34 heavy (non-hydrogen) atoms. The minimum atomic E-state index is -3.29. The average Bonchev–Trinajstić information content (AvgIpc) is 3.25. The van der Waals surface area contributed by atoms with Crippen molar-refractivity contribution in [3.63, 3.8) is 0 Å². The monoisotopic (exact) mass is 536 g/mol. The van der Waals surface area contributed by atoms with E-state index in [1.165, 1.54) is 25.1 Å². The van der Waals surface area contributed by atoms with Gasteiger partial charge in [0.25, 0.3) is 0 Å². The minimum absolute atomic E-state index is 0.173. The molecular weight excluding hydrogens is 512 g/mol. The zero-order valence-corrected chi connectivity index (χ0v) is 22.0. The lowest BCUT2D eigenvalue weighted by Gasteiger charge is -2.27. The van der Waals surface area contributed by atoms with Crippen molar-refractivity contribution < 1.29 is 18.0 Å². The molecule has 1 N–H and O–H groups in total. The molecule has 0 radical (unpaired) electrons. The van der Waals surface area contributed by atoms with Crippen LogP contribution in [0.4, 0.5) is 0 Å². The molecule has 0 bridgehead atoms. The van der Waals surface area contributed by atoms with Crippen LogP contribution in [0, 0.1) is 0 Å². The van der Waals surface area contributed by atoms with Crippen LogP contribution in [-0.4, -0.2) is 46.5 Å². The second kappa shape index (κ2) is 10.4. The van der Waals surface area contributed by atoms with Crippen molar-refractivity contribution in [3.8, 4) is 22.6 Å². The summed E-state index contributed by atoms with van der Waals surface area (Å²) in [6.45, 7) is 0. The summed E-state index contributed by atoms with van der Waals surface area (Å²) < 4.78 is 30.5. The second-order valence-corrected chi connectivity index (χ2v) is 12.8. The van der Waals surface area contributed by atoms with Crippen LogP contribution < -0.4 is 0 Å². The van der Waals surface area contributed by atoms with Crippen molar-refractivity contribution in [3.05, 3.63) is 59.4 Å². The number of benzene rings is 2. The van der Waals surface area contributed by atoms with E-state index in [0.717, 1.165) is 41.9 Å². The van der Waals surface area contributed by atoms with Gasteiger partial charge in [0.05, 0.1) is 4.90 Å². The maximum Gasteiger partial charge on any atom is 0.198 e. The number of hydroxylamine groups is 2. The van der Waals surface area contributed by atoms with E-state index in [1.807, 2.05) is 12.1 Å². The van der Waals surface area contributed by atoms with E-state index >= 15 is 0 Å². The predicted molar refractivity (Wildman–Crippen MR) is 140 cm³/mol. The Morgan fingerprint density at radius 1 is 1.09 bits per heavy atom. The van der Waals surface area contributed by atoms with Gasteiger partial charge in [0.2, 0.25) is 0 Å². The van der Waals surface area contributed by atoms with E-state index in [4.69, 9.17) is 33.2 Å². The lowest BCUT2D eigenvalue weighted by Crippen LogP contribution is -2.23. The largest absolute Gasteiger partial charge is 0.440 e. The van der Waals surface area contributed by atoms with E-state index in [0.29, 0.717) is 31.9 Å². The molecular formula is C24H25ClN2O4S3. The van der Waals surface area contributed by atoms with Gasteiger partial charge in [-0.25, -0.2) is 18.5 Å². The zero-order valence-electron chi connectivity index (χ0n) is 18.8. The van der Waals surface area contributed by atoms with E-state index in [-0.39, 0.29) is 10.8 Å². The number of nitrogens with zero attached hydrogens (tertiary/aromatic N) is 2. The number of hydrogen-bond acceptors (Lipinski definition) is 7. The number of aromatic nitrogens is 1. The van der Waals surface area contributed by atoms with Crippen LogP contribution in [0.3, 0.4) is 0 Å². The van der Waals surface area contributed by atoms with Gasteiger partial charge in [-0.3, -0.25) is 5.21 Å². The molecule has 10 heteroatoms. The predicted octanol–water partition coefficient (Wildman–Crippen LogP) is 6.43. The smallest absolute Gasteiger partial charge is 0.198 e. The summed E-state index contributed by atoms with van der Waals surface area (Å²) in [6.07, 6.45) is 4.89. The Balaban J connectivity index is 1.63. The summed E-state index contributed by atoms with van der Waals surface area (Å²) in [5.41, 5.74) is 2.32. The number of thiocarbonyl (C=S) groups is 1. The van der Waals surface area contributed by atoms with Gasteiger partial charge in [-0.15, -0.1) is 0 Å². The molecule has 1 aliphatic rings. The Morgan fingerprint density at radius 3 is 2.24 bits per heavy atom. The molecule has 0 amide bonds. The highest BCUT2D eigenvalue weighted by atomic mass is 35.5. The normalized spacial score (nSPS) is 18.6. The maximum absolute atomic E-state index is 11.9. The molecule has 0 spiro atoms. The van der Waals surface area contributed by atoms with Crippen molar-refractivity contribution in [2.75, 3.05) is 13.3 Å². The van der Waals surface area contributed by atoms with Gasteiger partial charge >= 0.3 is 0 Å². The third-order valence-corrected chi connectivity index (χ3v) is 9.07. The van der Waals surface area contributed by atoms with Crippen molar-refractivity contribution in [2.24, 2.45) is 0 Å². The fraction of sp³-hybridized carbons (Fsp3) is 0.333. The molecule has 1 heterocycles. The number of hydrogen-bond donors (Lipinski definition) is 1. The van der Waals surface area contributed by atoms with Gasteiger partial charge in [-0.2, -0.15) is 0 Å². The molecule has 0 aliphatic heterocycles. The summed E-state index contributed by atoms with van der Waals surface area (Å²) in [4.78, 5) is 5.14. The summed E-state index contributed by atoms with van der Waals surface area (Å²) in [5, 5.41) is 11.5. The zero-order chi connectivity index (χ0) is 24.5. The molecule has 1 aromatic heterocycles. The minimum Gasteiger partial charge on any atom is -0.440 e.